The van der Waals surface area contributed by atoms with Crippen molar-refractivity contribution in [2.45, 2.75) is 38.7 Å². The zero-order valence-corrected chi connectivity index (χ0v) is 12.9. The fourth-order valence-electron chi connectivity index (χ4n) is 3.12. The van der Waals surface area contributed by atoms with Gasteiger partial charge in [-0.1, -0.05) is 6.92 Å². The molecule has 0 bridgehead atoms. The predicted octanol–water partition coefficient (Wildman–Crippen LogP) is 1.56. The van der Waals surface area contributed by atoms with Gasteiger partial charge in [0.15, 0.2) is 5.82 Å². The highest BCUT2D eigenvalue weighted by atomic mass is 16.5. The first-order valence-corrected chi connectivity index (χ1v) is 8.18. The van der Waals surface area contributed by atoms with Gasteiger partial charge in [0.1, 0.15) is 11.9 Å². The van der Waals surface area contributed by atoms with Crippen LogP contribution in [0, 0.1) is 5.92 Å². The molecule has 2 saturated heterocycles. The minimum Gasteiger partial charge on any atom is -0.381 e. The molecule has 6 nitrogen and oxygen atoms in total. The Morgan fingerprint density at radius 1 is 1.29 bits per heavy atom. The van der Waals surface area contributed by atoms with E-state index in [-0.39, 0.29) is 6.10 Å². The van der Waals surface area contributed by atoms with Crippen LogP contribution in [0.4, 0.5) is 0 Å². The Hall–Kier alpha value is -0.980. The molecule has 1 atom stereocenters. The summed E-state index contributed by atoms with van der Waals surface area (Å²) in [6.45, 7) is 7.82. The van der Waals surface area contributed by atoms with Gasteiger partial charge in [0.05, 0.1) is 6.61 Å². The topological polar surface area (TPSA) is 63.3 Å². The van der Waals surface area contributed by atoms with E-state index in [0.29, 0.717) is 0 Å². The lowest BCUT2D eigenvalue weighted by Crippen LogP contribution is -2.42. The van der Waals surface area contributed by atoms with Crippen LogP contribution < -0.4 is 0 Å². The molecular formula is C15H26N4O2. The summed E-state index contributed by atoms with van der Waals surface area (Å²) in [4.78, 5) is 7.07. The van der Waals surface area contributed by atoms with E-state index in [1.807, 2.05) is 0 Å². The Morgan fingerprint density at radius 3 is 2.95 bits per heavy atom. The van der Waals surface area contributed by atoms with Gasteiger partial charge in [0.2, 0.25) is 0 Å². The highest BCUT2D eigenvalue weighted by Gasteiger charge is 2.27. The predicted molar refractivity (Wildman–Crippen MR) is 79.1 cm³/mol. The summed E-state index contributed by atoms with van der Waals surface area (Å²) in [7, 11) is 0. The molecule has 0 saturated carbocycles. The zero-order valence-electron chi connectivity index (χ0n) is 12.9. The number of aromatic amines is 1. The van der Waals surface area contributed by atoms with Crippen LogP contribution in [0.5, 0.6) is 0 Å². The van der Waals surface area contributed by atoms with Gasteiger partial charge in [0, 0.05) is 39.3 Å². The van der Waals surface area contributed by atoms with Crippen molar-refractivity contribution in [1.29, 1.82) is 0 Å². The van der Waals surface area contributed by atoms with Crippen LogP contribution >= 0.6 is 0 Å². The standard InChI is InChI=1S/C15H26N4O2/c1-2-3-14-16-15(18-17-14)13-11-19(6-9-21-13)10-12-4-7-20-8-5-12/h12-13H,2-11H2,1H3,(H,16,17,18)/t13-/m1/s1. The minimum atomic E-state index is 0.0143. The van der Waals surface area contributed by atoms with Crippen LogP contribution in [-0.2, 0) is 15.9 Å². The fraction of sp³-hybridized carbons (Fsp3) is 0.867. The van der Waals surface area contributed by atoms with Crippen LogP contribution in [0.25, 0.3) is 0 Å². The molecule has 1 aromatic rings. The van der Waals surface area contributed by atoms with Crippen molar-refractivity contribution >= 4 is 0 Å². The van der Waals surface area contributed by atoms with Crippen molar-refractivity contribution < 1.29 is 9.47 Å². The number of ether oxygens (including phenoxy) is 2. The van der Waals surface area contributed by atoms with E-state index in [1.54, 1.807) is 0 Å². The molecule has 0 aromatic carbocycles. The van der Waals surface area contributed by atoms with Gasteiger partial charge in [-0.25, -0.2) is 4.98 Å². The molecule has 6 heteroatoms. The minimum absolute atomic E-state index is 0.0143. The first-order chi connectivity index (χ1) is 10.3. The molecule has 0 amide bonds. The Balaban J connectivity index is 1.54. The smallest absolute Gasteiger partial charge is 0.180 e. The first kappa shape index (κ1) is 14.9. The first-order valence-electron chi connectivity index (χ1n) is 8.18. The van der Waals surface area contributed by atoms with Crippen LogP contribution in [0.15, 0.2) is 0 Å². The maximum Gasteiger partial charge on any atom is 0.180 e. The summed E-state index contributed by atoms with van der Waals surface area (Å²) >= 11 is 0. The molecule has 0 unspecified atom stereocenters. The normalized spacial score (nSPS) is 25.3. The second-order valence-electron chi connectivity index (χ2n) is 6.07. The highest BCUT2D eigenvalue weighted by molar-refractivity contribution is 4.97. The van der Waals surface area contributed by atoms with Gasteiger partial charge in [-0.2, -0.15) is 5.10 Å². The molecule has 2 aliphatic rings. The molecule has 2 aliphatic heterocycles. The van der Waals surface area contributed by atoms with E-state index in [4.69, 9.17) is 9.47 Å². The van der Waals surface area contributed by atoms with E-state index in [0.717, 1.165) is 69.9 Å². The van der Waals surface area contributed by atoms with Crippen LogP contribution in [0.2, 0.25) is 0 Å². The average Bonchev–Trinajstić information content (AvgIpc) is 2.98. The number of nitrogens with zero attached hydrogens (tertiary/aromatic N) is 3. The van der Waals surface area contributed by atoms with E-state index < -0.39 is 0 Å². The van der Waals surface area contributed by atoms with Crippen LogP contribution in [-0.4, -0.2) is 59.5 Å². The zero-order chi connectivity index (χ0) is 14.5. The number of nitrogens with one attached hydrogen (secondary N) is 1. The molecule has 1 aromatic heterocycles. The largest absolute Gasteiger partial charge is 0.381 e. The molecule has 21 heavy (non-hydrogen) atoms. The Labute approximate surface area is 126 Å². The van der Waals surface area contributed by atoms with Gasteiger partial charge in [-0.05, 0) is 25.2 Å². The highest BCUT2D eigenvalue weighted by Crippen LogP contribution is 2.22. The molecule has 3 heterocycles. The Bertz CT molecular complexity index is 431. The van der Waals surface area contributed by atoms with Crippen molar-refractivity contribution in [2.24, 2.45) is 5.92 Å². The number of morpholine rings is 1. The number of hydrogen-bond acceptors (Lipinski definition) is 5. The molecule has 3 rings (SSSR count). The van der Waals surface area contributed by atoms with Crippen molar-refractivity contribution in [3.8, 4) is 0 Å². The van der Waals surface area contributed by atoms with Gasteiger partial charge in [0.25, 0.3) is 0 Å². The maximum atomic E-state index is 5.86. The fourth-order valence-corrected chi connectivity index (χ4v) is 3.12. The van der Waals surface area contributed by atoms with Crippen molar-refractivity contribution in [3.63, 3.8) is 0 Å². The lowest BCUT2D eigenvalue weighted by molar-refractivity contribution is -0.0447. The molecule has 0 aliphatic carbocycles. The summed E-state index contributed by atoms with van der Waals surface area (Å²) in [5.74, 6) is 2.55. The quantitative estimate of drug-likeness (QED) is 0.893. The SMILES string of the molecule is CCCc1nc([C@H]2CN(CC3CCOCC3)CCO2)n[nH]1. The molecule has 2 fully saturated rings. The molecule has 0 radical (unpaired) electrons. The van der Waals surface area contributed by atoms with Gasteiger partial charge in [-0.15, -0.1) is 0 Å². The third-order valence-corrected chi connectivity index (χ3v) is 4.33. The second kappa shape index (κ2) is 7.33. The lowest BCUT2D eigenvalue weighted by Gasteiger charge is -2.35. The number of aryl methyl sites for hydroxylation is 1. The number of H-pyrrole nitrogens is 1. The maximum absolute atomic E-state index is 5.86. The Kier molecular flexibility index (Phi) is 5.22. The summed E-state index contributed by atoms with van der Waals surface area (Å²) in [6.07, 6.45) is 4.41. The van der Waals surface area contributed by atoms with Gasteiger partial charge in [-0.3, -0.25) is 10.00 Å². The van der Waals surface area contributed by atoms with E-state index >= 15 is 0 Å². The lowest BCUT2D eigenvalue weighted by atomic mass is 9.99. The summed E-state index contributed by atoms with van der Waals surface area (Å²) < 4.78 is 11.3. The molecule has 0 spiro atoms. The third kappa shape index (κ3) is 4.02. The number of aromatic nitrogens is 3. The van der Waals surface area contributed by atoms with Gasteiger partial charge >= 0.3 is 0 Å². The number of rotatable bonds is 5. The van der Waals surface area contributed by atoms with Crippen LogP contribution in [0.1, 0.15) is 43.9 Å². The van der Waals surface area contributed by atoms with Crippen LogP contribution in [0.3, 0.4) is 0 Å². The summed E-state index contributed by atoms with van der Waals surface area (Å²) in [5.41, 5.74) is 0. The van der Waals surface area contributed by atoms with Gasteiger partial charge < -0.3 is 9.47 Å². The number of hydrogen-bond donors (Lipinski definition) is 1. The van der Waals surface area contributed by atoms with Crippen molar-refractivity contribution in [2.75, 3.05) is 39.5 Å². The average molecular weight is 294 g/mol. The second-order valence-corrected chi connectivity index (χ2v) is 6.07. The molecule has 118 valence electrons. The molecule has 1 N–H and O–H groups in total. The summed E-state index contributed by atoms with van der Waals surface area (Å²) in [6, 6.07) is 0. The van der Waals surface area contributed by atoms with E-state index in [1.165, 1.54) is 12.8 Å². The van der Waals surface area contributed by atoms with E-state index in [2.05, 4.69) is 27.0 Å². The monoisotopic (exact) mass is 294 g/mol. The van der Waals surface area contributed by atoms with Crippen molar-refractivity contribution in [3.05, 3.63) is 11.6 Å². The Morgan fingerprint density at radius 2 is 2.14 bits per heavy atom. The van der Waals surface area contributed by atoms with Crippen molar-refractivity contribution in [1.82, 2.24) is 20.1 Å². The van der Waals surface area contributed by atoms with E-state index in [9.17, 15) is 0 Å². The molecular weight excluding hydrogens is 268 g/mol. The third-order valence-electron chi connectivity index (χ3n) is 4.33. The summed E-state index contributed by atoms with van der Waals surface area (Å²) in [5, 5.41) is 7.36.